The second-order valence-electron chi connectivity index (χ2n) is 6.04. The van der Waals surface area contributed by atoms with Crippen LogP contribution in [0.1, 0.15) is 12.5 Å². The van der Waals surface area contributed by atoms with Crippen LogP contribution in [0.25, 0.3) is 0 Å². The average Bonchev–Trinajstić information content (AvgIpc) is 2.70. The minimum Gasteiger partial charge on any atom is -0.497 e. The number of carbonyl (C=O) groups is 1. The van der Waals surface area contributed by atoms with Gasteiger partial charge in [-0.3, -0.25) is 0 Å². The first-order valence-corrected chi connectivity index (χ1v) is 8.73. The van der Waals surface area contributed by atoms with Crippen molar-refractivity contribution in [1.82, 2.24) is 10.2 Å². The Labute approximate surface area is 153 Å². The summed E-state index contributed by atoms with van der Waals surface area (Å²) in [4.78, 5) is 14.2. The lowest BCUT2D eigenvalue weighted by Gasteiger charge is -2.31. The Morgan fingerprint density at radius 1 is 1.19 bits per heavy atom. The highest BCUT2D eigenvalue weighted by Crippen LogP contribution is 2.31. The molecule has 0 aliphatic carbocycles. The number of para-hydroxylation sites is 2. The second-order valence-corrected chi connectivity index (χ2v) is 6.04. The Morgan fingerprint density at radius 2 is 1.92 bits per heavy atom. The summed E-state index contributed by atoms with van der Waals surface area (Å²) in [7, 11) is 1.63. The van der Waals surface area contributed by atoms with Crippen LogP contribution >= 0.6 is 0 Å². The molecule has 0 saturated heterocycles. The molecule has 0 radical (unpaired) electrons. The van der Waals surface area contributed by atoms with Crippen LogP contribution in [-0.4, -0.2) is 43.8 Å². The maximum absolute atomic E-state index is 12.5. The summed E-state index contributed by atoms with van der Waals surface area (Å²) in [6.45, 7) is 3.91. The molecule has 1 heterocycles. The van der Waals surface area contributed by atoms with Gasteiger partial charge in [0.1, 0.15) is 12.4 Å². The largest absolute Gasteiger partial charge is 0.497 e. The number of carbonyl (C=O) groups excluding carboxylic acids is 1. The van der Waals surface area contributed by atoms with Crippen molar-refractivity contribution in [2.75, 3.05) is 26.8 Å². The van der Waals surface area contributed by atoms with E-state index in [0.29, 0.717) is 26.2 Å². The number of likely N-dealkylation sites (N-methyl/N-ethyl adjacent to an activating group) is 1. The fraction of sp³-hybridized carbons (Fsp3) is 0.350. The third-order valence-electron chi connectivity index (χ3n) is 4.26. The first kappa shape index (κ1) is 17.9. The van der Waals surface area contributed by atoms with Gasteiger partial charge in [0.05, 0.1) is 13.7 Å². The molecule has 1 aliphatic rings. The van der Waals surface area contributed by atoms with E-state index in [-0.39, 0.29) is 12.1 Å². The molecule has 0 fully saturated rings. The maximum Gasteiger partial charge on any atom is 0.317 e. The van der Waals surface area contributed by atoms with Crippen LogP contribution in [-0.2, 0) is 6.54 Å². The van der Waals surface area contributed by atoms with Crippen molar-refractivity contribution in [3.8, 4) is 17.2 Å². The zero-order valence-electron chi connectivity index (χ0n) is 15.1. The van der Waals surface area contributed by atoms with Crippen LogP contribution in [0.5, 0.6) is 17.2 Å². The van der Waals surface area contributed by atoms with Gasteiger partial charge in [0.2, 0.25) is 0 Å². The Bertz CT molecular complexity index is 733. The predicted molar refractivity (Wildman–Crippen MR) is 98.8 cm³/mol. The lowest BCUT2D eigenvalue weighted by atomic mass is 10.2. The molecule has 3 rings (SSSR count). The number of nitrogens with zero attached hydrogens (tertiary/aromatic N) is 1. The smallest absolute Gasteiger partial charge is 0.317 e. The highest BCUT2D eigenvalue weighted by Gasteiger charge is 2.24. The van der Waals surface area contributed by atoms with E-state index in [2.05, 4.69) is 5.32 Å². The van der Waals surface area contributed by atoms with Crippen LogP contribution < -0.4 is 19.5 Å². The van der Waals surface area contributed by atoms with Gasteiger partial charge < -0.3 is 24.4 Å². The Kier molecular flexibility index (Phi) is 5.84. The van der Waals surface area contributed by atoms with E-state index < -0.39 is 0 Å². The molecule has 6 nitrogen and oxygen atoms in total. The molecule has 0 bridgehead atoms. The van der Waals surface area contributed by atoms with Crippen molar-refractivity contribution in [3.05, 3.63) is 54.1 Å². The number of urea groups is 1. The quantitative estimate of drug-likeness (QED) is 0.864. The average molecular weight is 356 g/mol. The van der Waals surface area contributed by atoms with Crippen molar-refractivity contribution in [3.63, 3.8) is 0 Å². The first-order chi connectivity index (χ1) is 12.7. The summed E-state index contributed by atoms with van der Waals surface area (Å²) in [5, 5.41) is 2.95. The van der Waals surface area contributed by atoms with Crippen LogP contribution in [0.3, 0.4) is 0 Å². The maximum atomic E-state index is 12.5. The molecule has 1 atom stereocenters. The number of amides is 2. The topological polar surface area (TPSA) is 60.0 Å². The number of rotatable bonds is 6. The molecular weight excluding hydrogens is 332 g/mol. The van der Waals surface area contributed by atoms with E-state index in [0.717, 1.165) is 22.8 Å². The minimum atomic E-state index is -0.184. The van der Waals surface area contributed by atoms with E-state index in [4.69, 9.17) is 14.2 Å². The standard InChI is InChI=1S/C20H24N2O4/c1-3-22(13-17-14-25-18-6-4-5-7-19(18)26-17)20(23)21-12-15-8-10-16(24-2)11-9-15/h4-11,17H,3,12-14H2,1-2H3,(H,21,23)/t17-/m1/s1. The molecule has 2 aromatic carbocycles. The van der Waals surface area contributed by atoms with E-state index in [1.165, 1.54) is 0 Å². The summed E-state index contributed by atoms with van der Waals surface area (Å²) < 4.78 is 16.8. The monoisotopic (exact) mass is 356 g/mol. The third kappa shape index (κ3) is 4.39. The van der Waals surface area contributed by atoms with Gasteiger partial charge in [-0.05, 0) is 36.8 Å². The second kappa shape index (κ2) is 8.47. The molecule has 26 heavy (non-hydrogen) atoms. The van der Waals surface area contributed by atoms with Crippen molar-refractivity contribution in [1.29, 1.82) is 0 Å². The molecule has 2 amide bonds. The van der Waals surface area contributed by atoms with Gasteiger partial charge in [0.25, 0.3) is 0 Å². The van der Waals surface area contributed by atoms with Gasteiger partial charge >= 0.3 is 6.03 Å². The van der Waals surface area contributed by atoms with Crippen LogP contribution in [0, 0.1) is 0 Å². The Balaban J connectivity index is 1.52. The predicted octanol–water partition coefficient (Wildman–Crippen LogP) is 3.07. The molecule has 0 saturated carbocycles. The van der Waals surface area contributed by atoms with Crippen molar-refractivity contribution in [2.24, 2.45) is 0 Å². The van der Waals surface area contributed by atoms with Gasteiger partial charge in [-0.15, -0.1) is 0 Å². The molecule has 0 aromatic heterocycles. The number of ether oxygens (including phenoxy) is 3. The van der Waals surface area contributed by atoms with E-state index in [1.807, 2.05) is 55.5 Å². The van der Waals surface area contributed by atoms with Crippen molar-refractivity contribution in [2.45, 2.75) is 19.6 Å². The molecule has 1 aliphatic heterocycles. The lowest BCUT2D eigenvalue weighted by Crippen LogP contribution is -2.47. The summed E-state index contributed by atoms with van der Waals surface area (Å²) in [5.41, 5.74) is 1.02. The van der Waals surface area contributed by atoms with E-state index in [1.54, 1.807) is 12.0 Å². The number of fused-ring (bicyclic) bond motifs is 1. The normalized spacial score (nSPS) is 15.2. The summed E-state index contributed by atoms with van der Waals surface area (Å²) in [5.74, 6) is 2.26. The first-order valence-electron chi connectivity index (χ1n) is 8.73. The lowest BCUT2D eigenvalue weighted by molar-refractivity contribution is 0.0675. The molecule has 2 aromatic rings. The molecule has 0 unspecified atom stereocenters. The molecular formula is C20H24N2O4. The molecule has 138 valence electrons. The third-order valence-corrected chi connectivity index (χ3v) is 4.26. The summed E-state index contributed by atoms with van der Waals surface area (Å²) in [6.07, 6.45) is -0.184. The zero-order valence-corrected chi connectivity index (χ0v) is 15.1. The van der Waals surface area contributed by atoms with Gasteiger partial charge in [-0.2, -0.15) is 0 Å². The SMILES string of the molecule is CCN(C[C@@H]1COc2ccccc2O1)C(=O)NCc1ccc(OC)cc1. The minimum absolute atomic E-state index is 0.120. The fourth-order valence-electron chi connectivity index (χ4n) is 2.79. The van der Waals surface area contributed by atoms with Crippen LogP contribution in [0.4, 0.5) is 4.79 Å². The van der Waals surface area contributed by atoms with E-state index in [9.17, 15) is 4.79 Å². The van der Waals surface area contributed by atoms with Crippen LogP contribution in [0.15, 0.2) is 48.5 Å². The van der Waals surface area contributed by atoms with Gasteiger partial charge in [0, 0.05) is 13.1 Å². The molecule has 6 heteroatoms. The Morgan fingerprint density at radius 3 is 2.62 bits per heavy atom. The van der Waals surface area contributed by atoms with Gasteiger partial charge in [0.15, 0.2) is 17.6 Å². The zero-order chi connectivity index (χ0) is 18.4. The van der Waals surface area contributed by atoms with Crippen molar-refractivity contribution >= 4 is 6.03 Å². The number of benzene rings is 2. The van der Waals surface area contributed by atoms with Crippen molar-refractivity contribution < 1.29 is 19.0 Å². The van der Waals surface area contributed by atoms with E-state index >= 15 is 0 Å². The number of nitrogens with one attached hydrogen (secondary N) is 1. The number of hydrogen-bond acceptors (Lipinski definition) is 4. The summed E-state index contributed by atoms with van der Waals surface area (Å²) >= 11 is 0. The van der Waals surface area contributed by atoms with Gasteiger partial charge in [-0.25, -0.2) is 4.79 Å². The fourth-order valence-corrected chi connectivity index (χ4v) is 2.79. The highest BCUT2D eigenvalue weighted by molar-refractivity contribution is 5.74. The van der Waals surface area contributed by atoms with Crippen LogP contribution in [0.2, 0.25) is 0 Å². The number of hydrogen-bond donors (Lipinski definition) is 1. The van der Waals surface area contributed by atoms with Gasteiger partial charge in [-0.1, -0.05) is 24.3 Å². The molecule has 1 N–H and O–H groups in total. The number of methoxy groups -OCH3 is 1. The molecule has 0 spiro atoms. The Hall–Kier alpha value is -2.89. The summed E-state index contributed by atoms with van der Waals surface area (Å²) in [6, 6.07) is 15.1. The highest BCUT2D eigenvalue weighted by atomic mass is 16.6.